The molecule has 1 saturated heterocycles. The van der Waals surface area contributed by atoms with Gasteiger partial charge in [-0.15, -0.1) is 10.2 Å². The van der Waals surface area contributed by atoms with E-state index in [9.17, 15) is 4.79 Å². The highest BCUT2D eigenvalue weighted by atomic mass is 16.6. The Hall–Kier alpha value is -3.14. The molecule has 32 heavy (non-hydrogen) atoms. The highest BCUT2D eigenvalue weighted by molar-refractivity contribution is 5.93. The number of benzene rings is 1. The molecule has 10 heteroatoms. The molecule has 2 aromatic heterocycles. The molecule has 1 fully saturated rings. The first-order chi connectivity index (χ1) is 15.3. The third kappa shape index (κ3) is 5.01. The summed E-state index contributed by atoms with van der Waals surface area (Å²) in [5.74, 6) is 0. The molecule has 3 heterocycles. The Morgan fingerprint density at radius 3 is 2.75 bits per heavy atom. The maximum atomic E-state index is 12.2. The van der Waals surface area contributed by atoms with Crippen molar-refractivity contribution < 1.29 is 14.3 Å². The molecule has 0 spiro atoms. The fraction of sp³-hybridized carbons (Fsp3) is 0.545. The summed E-state index contributed by atoms with van der Waals surface area (Å²) in [5.41, 5.74) is 2.30. The largest absolute Gasteiger partial charge is 0.444 e. The van der Waals surface area contributed by atoms with Gasteiger partial charge in [-0.25, -0.2) is 9.48 Å². The minimum atomic E-state index is -0.520. The summed E-state index contributed by atoms with van der Waals surface area (Å²) in [6, 6.07) is 4.11. The number of nitrogens with zero attached hydrogens (tertiary/aromatic N) is 6. The van der Waals surface area contributed by atoms with Gasteiger partial charge >= 0.3 is 6.09 Å². The van der Waals surface area contributed by atoms with E-state index in [1.165, 1.54) is 0 Å². The molecule has 3 aromatic rings. The van der Waals surface area contributed by atoms with Crippen LogP contribution in [0.3, 0.4) is 0 Å². The van der Waals surface area contributed by atoms with Crippen LogP contribution < -0.4 is 5.32 Å². The Labute approximate surface area is 187 Å². The van der Waals surface area contributed by atoms with Crippen LogP contribution in [-0.2, 0) is 9.47 Å². The normalized spacial score (nSPS) is 16.8. The quantitative estimate of drug-likeness (QED) is 0.624. The van der Waals surface area contributed by atoms with Crippen molar-refractivity contribution in [3.05, 3.63) is 31.0 Å². The first-order valence-electron chi connectivity index (χ1n) is 11.0. The van der Waals surface area contributed by atoms with Crippen molar-refractivity contribution in [3.63, 3.8) is 0 Å². The van der Waals surface area contributed by atoms with E-state index in [4.69, 9.17) is 9.47 Å². The third-order valence-corrected chi connectivity index (χ3v) is 5.31. The molecule has 1 atom stereocenters. The van der Waals surface area contributed by atoms with Crippen molar-refractivity contribution >= 4 is 22.7 Å². The highest BCUT2D eigenvalue weighted by Crippen LogP contribution is 2.31. The lowest BCUT2D eigenvalue weighted by Crippen LogP contribution is -2.36. The minimum absolute atomic E-state index is 0.0661. The molecule has 1 aromatic carbocycles. The van der Waals surface area contributed by atoms with Crippen molar-refractivity contribution in [2.45, 2.75) is 51.9 Å². The van der Waals surface area contributed by atoms with Crippen LogP contribution in [-0.4, -0.2) is 67.9 Å². The molecule has 0 bridgehead atoms. The highest BCUT2D eigenvalue weighted by Gasteiger charge is 2.21. The average Bonchev–Trinajstić information content (AvgIpc) is 3.43. The Kier molecular flexibility index (Phi) is 6.31. The fourth-order valence-corrected chi connectivity index (χ4v) is 3.70. The molecule has 1 aliphatic rings. The van der Waals surface area contributed by atoms with Crippen LogP contribution in [0.4, 0.5) is 10.5 Å². The zero-order valence-electron chi connectivity index (χ0n) is 19.1. The van der Waals surface area contributed by atoms with Gasteiger partial charge in [-0.05, 0) is 52.2 Å². The molecule has 1 amide bonds. The summed E-state index contributed by atoms with van der Waals surface area (Å²) in [6.45, 7) is 7.38. The summed E-state index contributed by atoms with van der Waals surface area (Å²) in [5, 5.41) is 17.0. The predicted octanol–water partition coefficient (Wildman–Crippen LogP) is 3.59. The zero-order valence-corrected chi connectivity index (χ0v) is 19.1. The molecule has 0 aliphatic carbocycles. The summed E-state index contributed by atoms with van der Waals surface area (Å²) < 4.78 is 15.2. The lowest BCUT2D eigenvalue weighted by atomic mass is 10.1. The summed E-state index contributed by atoms with van der Waals surface area (Å²) in [4.78, 5) is 13.8. The van der Waals surface area contributed by atoms with Gasteiger partial charge in [0.05, 0.1) is 17.4 Å². The number of rotatable bonds is 6. The Morgan fingerprint density at radius 2 is 2.06 bits per heavy atom. The molecule has 172 valence electrons. The second-order valence-corrected chi connectivity index (χ2v) is 9.03. The molecule has 1 N–H and O–H groups in total. The molecule has 4 rings (SSSR count). The molecule has 10 nitrogen and oxygen atoms in total. The van der Waals surface area contributed by atoms with Crippen molar-refractivity contribution in [2.75, 3.05) is 32.1 Å². The second kappa shape index (κ2) is 9.15. The number of hydrogen-bond donors (Lipinski definition) is 1. The maximum Gasteiger partial charge on any atom is 0.410 e. The molecule has 1 unspecified atom stereocenters. The van der Waals surface area contributed by atoms with Crippen LogP contribution in [0.15, 0.2) is 31.0 Å². The van der Waals surface area contributed by atoms with Gasteiger partial charge in [-0.2, -0.15) is 5.10 Å². The molecular weight excluding hydrogens is 410 g/mol. The van der Waals surface area contributed by atoms with Gasteiger partial charge in [0.1, 0.15) is 18.3 Å². The van der Waals surface area contributed by atoms with Gasteiger partial charge in [-0.3, -0.25) is 4.57 Å². The van der Waals surface area contributed by atoms with Crippen LogP contribution in [0.25, 0.3) is 16.6 Å². The lowest BCUT2D eigenvalue weighted by Gasteiger charge is -2.25. The third-order valence-electron chi connectivity index (χ3n) is 5.31. The minimum Gasteiger partial charge on any atom is -0.444 e. The topological polar surface area (TPSA) is 99.3 Å². The van der Waals surface area contributed by atoms with E-state index in [-0.39, 0.29) is 12.3 Å². The van der Waals surface area contributed by atoms with Crippen LogP contribution in [0.2, 0.25) is 0 Å². The number of fused-ring (bicyclic) bond motifs is 1. The summed E-state index contributed by atoms with van der Waals surface area (Å²) in [6.07, 6.45) is 7.94. The van der Waals surface area contributed by atoms with E-state index in [1.807, 2.05) is 42.3 Å². The lowest BCUT2D eigenvalue weighted by molar-refractivity contribution is -0.0366. The molecule has 1 aliphatic heterocycles. The number of aromatic nitrogens is 5. The molecule has 0 saturated carbocycles. The van der Waals surface area contributed by atoms with Gasteiger partial charge in [0, 0.05) is 37.8 Å². The van der Waals surface area contributed by atoms with Crippen molar-refractivity contribution in [3.8, 4) is 5.69 Å². The van der Waals surface area contributed by atoms with Gasteiger partial charge in [0.25, 0.3) is 0 Å². The second-order valence-electron chi connectivity index (χ2n) is 9.03. The smallest absolute Gasteiger partial charge is 0.410 e. The van der Waals surface area contributed by atoms with Crippen LogP contribution in [0.1, 0.15) is 46.3 Å². The molecular formula is C22H31N7O3. The van der Waals surface area contributed by atoms with Crippen molar-refractivity contribution in [2.24, 2.45) is 0 Å². The number of anilines is 1. The summed E-state index contributed by atoms with van der Waals surface area (Å²) >= 11 is 0. The van der Waals surface area contributed by atoms with Gasteiger partial charge < -0.3 is 19.7 Å². The monoisotopic (exact) mass is 441 g/mol. The number of nitrogens with one attached hydrogen (secondary N) is 1. The maximum absolute atomic E-state index is 12.2. The number of likely N-dealkylation sites (N-methyl/N-ethyl adjacent to an activating group) is 1. The number of hydrogen-bond acceptors (Lipinski definition) is 7. The Morgan fingerprint density at radius 1 is 1.28 bits per heavy atom. The van der Waals surface area contributed by atoms with Crippen molar-refractivity contribution in [1.29, 1.82) is 0 Å². The SMILES string of the molecule is CN(CCNc1cc(-n2cnnc2)cc2c1cnn2C1CCCCO1)C(=O)OC(C)(C)C. The van der Waals surface area contributed by atoms with Crippen LogP contribution in [0, 0.1) is 0 Å². The summed E-state index contributed by atoms with van der Waals surface area (Å²) in [7, 11) is 1.73. The zero-order chi connectivity index (χ0) is 22.7. The molecule has 0 radical (unpaired) electrons. The van der Waals surface area contributed by atoms with E-state index in [1.54, 1.807) is 24.6 Å². The standard InChI is InChI=1S/C22H31N7O3/c1-22(2,3)32-21(30)27(4)9-8-23-18-11-16(28-14-24-25-15-28)12-19-17(18)13-26-29(19)20-7-5-6-10-31-20/h11-15,20,23H,5-10H2,1-4H3. The van der Waals surface area contributed by atoms with Crippen LogP contribution >= 0.6 is 0 Å². The van der Waals surface area contributed by atoms with E-state index < -0.39 is 5.60 Å². The van der Waals surface area contributed by atoms with Gasteiger partial charge in [0.15, 0.2) is 6.23 Å². The number of carbonyl (C=O) groups is 1. The number of ether oxygens (including phenoxy) is 2. The van der Waals surface area contributed by atoms with Gasteiger partial charge in [0.2, 0.25) is 0 Å². The van der Waals surface area contributed by atoms with E-state index in [2.05, 4.69) is 26.7 Å². The fourth-order valence-electron chi connectivity index (χ4n) is 3.70. The number of carbonyl (C=O) groups excluding carboxylic acids is 1. The average molecular weight is 442 g/mol. The first kappa shape index (κ1) is 22.1. The Bertz CT molecular complexity index is 1050. The van der Waals surface area contributed by atoms with Crippen LogP contribution in [0.5, 0.6) is 0 Å². The van der Waals surface area contributed by atoms with Crippen molar-refractivity contribution in [1.82, 2.24) is 29.4 Å². The number of amides is 1. The van der Waals surface area contributed by atoms with E-state index >= 15 is 0 Å². The van der Waals surface area contributed by atoms with E-state index in [0.717, 1.165) is 48.1 Å². The Balaban J connectivity index is 1.56. The van der Waals surface area contributed by atoms with E-state index in [0.29, 0.717) is 13.1 Å². The van der Waals surface area contributed by atoms with Gasteiger partial charge in [-0.1, -0.05) is 0 Å². The first-order valence-corrected chi connectivity index (χ1v) is 11.0. The predicted molar refractivity (Wildman–Crippen MR) is 121 cm³/mol.